The number of nitrogens with one attached hydrogen (secondary N) is 1. The van der Waals surface area contributed by atoms with Crippen molar-refractivity contribution in [2.75, 3.05) is 18.8 Å². The molecule has 21 heavy (non-hydrogen) atoms. The van der Waals surface area contributed by atoms with Crippen LogP contribution in [0.3, 0.4) is 0 Å². The molecular formula is C16H21N5. The fourth-order valence-corrected chi connectivity index (χ4v) is 2.77. The molecule has 3 N–H and O–H groups in total. The van der Waals surface area contributed by atoms with Gasteiger partial charge in [0, 0.05) is 11.8 Å². The van der Waals surface area contributed by atoms with Crippen LogP contribution in [0.15, 0.2) is 30.5 Å². The standard InChI is InChI=1S/C16H21N5/c17-16-6-3-13(11-19-16)15-5-4-14(20-21-15)10-12-2-1-8-18-9-7-12/h3-6,11-12,18H,1-2,7-10H2,(H2,17,19)/t12-/m1/s1. The molecule has 0 aliphatic carbocycles. The zero-order valence-electron chi connectivity index (χ0n) is 12.1. The molecule has 5 nitrogen and oxygen atoms in total. The van der Waals surface area contributed by atoms with Crippen molar-refractivity contribution in [1.82, 2.24) is 20.5 Å². The minimum absolute atomic E-state index is 0.519. The molecule has 1 aliphatic rings. The van der Waals surface area contributed by atoms with Gasteiger partial charge in [0.2, 0.25) is 0 Å². The van der Waals surface area contributed by atoms with E-state index in [1.54, 1.807) is 12.3 Å². The van der Waals surface area contributed by atoms with Crippen LogP contribution in [0.5, 0.6) is 0 Å². The van der Waals surface area contributed by atoms with Gasteiger partial charge in [0.15, 0.2) is 0 Å². The Bertz CT molecular complexity index is 556. The van der Waals surface area contributed by atoms with Crippen molar-refractivity contribution in [2.24, 2.45) is 5.92 Å². The summed E-state index contributed by atoms with van der Waals surface area (Å²) in [7, 11) is 0. The summed E-state index contributed by atoms with van der Waals surface area (Å²) in [6, 6.07) is 7.80. The molecule has 3 heterocycles. The van der Waals surface area contributed by atoms with E-state index in [4.69, 9.17) is 5.73 Å². The maximum absolute atomic E-state index is 5.59. The van der Waals surface area contributed by atoms with E-state index in [0.717, 1.165) is 42.4 Å². The third-order valence-corrected chi connectivity index (χ3v) is 3.99. The molecule has 1 saturated heterocycles. The van der Waals surface area contributed by atoms with Gasteiger partial charge in [-0.1, -0.05) is 0 Å². The van der Waals surface area contributed by atoms with Gasteiger partial charge in [0.25, 0.3) is 0 Å². The van der Waals surface area contributed by atoms with Crippen molar-refractivity contribution < 1.29 is 0 Å². The van der Waals surface area contributed by atoms with Crippen molar-refractivity contribution in [3.05, 3.63) is 36.2 Å². The van der Waals surface area contributed by atoms with E-state index in [1.165, 1.54) is 19.3 Å². The Balaban J connectivity index is 1.67. The van der Waals surface area contributed by atoms with E-state index in [1.807, 2.05) is 12.1 Å². The normalized spacial score (nSPS) is 19.1. The lowest BCUT2D eigenvalue weighted by atomic mass is 9.95. The summed E-state index contributed by atoms with van der Waals surface area (Å²) in [6.45, 7) is 2.26. The quantitative estimate of drug-likeness (QED) is 0.901. The first-order valence-corrected chi connectivity index (χ1v) is 7.56. The summed E-state index contributed by atoms with van der Waals surface area (Å²) < 4.78 is 0. The Morgan fingerprint density at radius 2 is 2.05 bits per heavy atom. The van der Waals surface area contributed by atoms with Crippen LogP contribution in [0.25, 0.3) is 11.3 Å². The summed E-state index contributed by atoms with van der Waals surface area (Å²) in [5.41, 5.74) is 8.46. The van der Waals surface area contributed by atoms with Gasteiger partial charge in [-0.05, 0) is 69.0 Å². The highest BCUT2D eigenvalue weighted by atomic mass is 15.1. The molecular weight excluding hydrogens is 262 g/mol. The van der Waals surface area contributed by atoms with Gasteiger partial charge in [-0.2, -0.15) is 10.2 Å². The van der Waals surface area contributed by atoms with E-state index in [2.05, 4.69) is 26.6 Å². The van der Waals surface area contributed by atoms with Gasteiger partial charge in [0.1, 0.15) is 5.82 Å². The third kappa shape index (κ3) is 3.76. The van der Waals surface area contributed by atoms with Crippen LogP contribution < -0.4 is 11.1 Å². The van der Waals surface area contributed by atoms with E-state index in [0.29, 0.717) is 5.82 Å². The summed E-state index contributed by atoms with van der Waals surface area (Å²) in [5.74, 6) is 1.24. The smallest absolute Gasteiger partial charge is 0.123 e. The Morgan fingerprint density at radius 1 is 1.10 bits per heavy atom. The van der Waals surface area contributed by atoms with E-state index in [9.17, 15) is 0 Å². The fourth-order valence-electron chi connectivity index (χ4n) is 2.77. The first-order valence-electron chi connectivity index (χ1n) is 7.56. The van der Waals surface area contributed by atoms with Crippen LogP contribution in [-0.4, -0.2) is 28.3 Å². The highest BCUT2D eigenvalue weighted by molar-refractivity contribution is 5.58. The molecule has 0 spiro atoms. The van der Waals surface area contributed by atoms with Crippen molar-refractivity contribution in [2.45, 2.75) is 25.7 Å². The summed E-state index contributed by atoms with van der Waals surface area (Å²) in [4.78, 5) is 4.08. The highest BCUT2D eigenvalue weighted by Crippen LogP contribution is 2.20. The van der Waals surface area contributed by atoms with Crippen LogP contribution in [0, 0.1) is 5.92 Å². The molecule has 0 amide bonds. The maximum Gasteiger partial charge on any atom is 0.123 e. The van der Waals surface area contributed by atoms with Crippen LogP contribution in [0.2, 0.25) is 0 Å². The molecule has 0 saturated carbocycles. The lowest BCUT2D eigenvalue weighted by molar-refractivity contribution is 0.463. The zero-order chi connectivity index (χ0) is 14.5. The molecule has 0 bridgehead atoms. The summed E-state index contributed by atoms with van der Waals surface area (Å²) in [5, 5.41) is 12.1. The van der Waals surface area contributed by atoms with Gasteiger partial charge >= 0.3 is 0 Å². The van der Waals surface area contributed by atoms with Crippen molar-refractivity contribution in [3.8, 4) is 11.3 Å². The second-order valence-corrected chi connectivity index (χ2v) is 5.63. The van der Waals surface area contributed by atoms with Gasteiger partial charge in [-0.15, -0.1) is 0 Å². The fraction of sp³-hybridized carbons (Fsp3) is 0.438. The van der Waals surface area contributed by atoms with Gasteiger partial charge in [-0.3, -0.25) is 0 Å². The van der Waals surface area contributed by atoms with Crippen molar-refractivity contribution in [3.63, 3.8) is 0 Å². The van der Waals surface area contributed by atoms with Gasteiger partial charge in [0.05, 0.1) is 11.4 Å². The molecule has 2 aromatic rings. The lowest BCUT2D eigenvalue weighted by Crippen LogP contribution is -2.14. The lowest BCUT2D eigenvalue weighted by Gasteiger charge is -2.12. The average molecular weight is 283 g/mol. The van der Waals surface area contributed by atoms with Crippen LogP contribution in [0.4, 0.5) is 5.82 Å². The molecule has 3 rings (SSSR count). The molecule has 0 radical (unpaired) electrons. The minimum Gasteiger partial charge on any atom is -0.384 e. The number of nitrogen functional groups attached to an aromatic ring is 1. The number of hydrogen-bond acceptors (Lipinski definition) is 5. The number of aromatic nitrogens is 3. The van der Waals surface area contributed by atoms with E-state index in [-0.39, 0.29) is 0 Å². The Morgan fingerprint density at radius 3 is 2.81 bits per heavy atom. The SMILES string of the molecule is Nc1ccc(-c2ccc(C[C@@H]3CCCNCC3)nn2)cn1. The number of nitrogens with two attached hydrogens (primary N) is 1. The van der Waals surface area contributed by atoms with Gasteiger partial charge in [-0.25, -0.2) is 4.98 Å². The number of nitrogens with zero attached hydrogens (tertiary/aromatic N) is 3. The molecule has 1 fully saturated rings. The number of anilines is 1. The van der Waals surface area contributed by atoms with Crippen molar-refractivity contribution in [1.29, 1.82) is 0 Å². The molecule has 2 aromatic heterocycles. The highest BCUT2D eigenvalue weighted by Gasteiger charge is 2.13. The molecule has 110 valence electrons. The Labute approximate surface area is 125 Å². The molecule has 0 aromatic carbocycles. The summed E-state index contributed by atoms with van der Waals surface area (Å²) >= 11 is 0. The number of pyridine rings is 1. The Hall–Kier alpha value is -2.01. The molecule has 5 heteroatoms. The zero-order valence-corrected chi connectivity index (χ0v) is 12.1. The number of rotatable bonds is 3. The number of hydrogen-bond donors (Lipinski definition) is 2. The van der Waals surface area contributed by atoms with Crippen LogP contribution in [-0.2, 0) is 6.42 Å². The van der Waals surface area contributed by atoms with Gasteiger partial charge < -0.3 is 11.1 Å². The molecule has 1 aliphatic heterocycles. The largest absolute Gasteiger partial charge is 0.384 e. The molecule has 1 atom stereocenters. The predicted molar refractivity (Wildman–Crippen MR) is 83.6 cm³/mol. The topological polar surface area (TPSA) is 76.7 Å². The monoisotopic (exact) mass is 283 g/mol. The van der Waals surface area contributed by atoms with E-state index < -0.39 is 0 Å². The molecule has 0 unspecified atom stereocenters. The first-order chi connectivity index (χ1) is 10.3. The Kier molecular flexibility index (Phi) is 4.40. The second-order valence-electron chi connectivity index (χ2n) is 5.63. The maximum atomic E-state index is 5.59. The third-order valence-electron chi connectivity index (χ3n) is 3.99. The van der Waals surface area contributed by atoms with E-state index >= 15 is 0 Å². The second kappa shape index (κ2) is 6.63. The average Bonchev–Trinajstić information content (AvgIpc) is 2.78. The predicted octanol–water partition coefficient (Wildman–Crippen LogP) is 2.05. The van der Waals surface area contributed by atoms with Crippen LogP contribution in [0.1, 0.15) is 25.0 Å². The van der Waals surface area contributed by atoms with Crippen molar-refractivity contribution >= 4 is 5.82 Å². The minimum atomic E-state index is 0.519. The summed E-state index contributed by atoms with van der Waals surface area (Å²) in [6.07, 6.45) is 6.52. The first kappa shape index (κ1) is 13.9. The van der Waals surface area contributed by atoms with Crippen LogP contribution >= 0.6 is 0 Å².